The number of halogens is 4. The van der Waals surface area contributed by atoms with Gasteiger partial charge in [-0.15, -0.1) is 11.3 Å². The Hall–Kier alpha value is -3.07. The van der Waals surface area contributed by atoms with Gasteiger partial charge in [0.1, 0.15) is 10.8 Å². The number of amides is 1. The lowest BCUT2D eigenvalue weighted by Crippen LogP contribution is -2.20. The number of rotatable bonds is 5. The van der Waals surface area contributed by atoms with Crippen LogP contribution in [0, 0.1) is 5.82 Å². The highest BCUT2D eigenvalue weighted by Crippen LogP contribution is 2.31. The second kappa shape index (κ2) is 8.30. The molecule has 0 spiro atoms. The Morgan fingerprint density at radius 3 is 2.57 bits per heavy atom. The Balaban J connectivity index is 1.61. The molecule has 0 saturated heterocycles. The lowest BCUT2D eigenvalue weighted by Gasteiger charge is -2.09. The predicted molar refractivity (Wildman–Crippen MR) is 98.4 cm³/mol. The Kier molecular flexibility index (Phi) is 5.84. The summed E-state index contributed by atoms with van der Waals surface area (Å²) in [6.07, 6.45) is -3.65. The average molecular weight is 407 g/mol. The van der Waals surface area contributed by atoms with Gasteiger partial charge in [0.2, 0.25) is 5.91 Å². The van der Waals surface area contributed by atoms with Crippen LogP contribution >= 0.6 is 11.3 Å². The second-order valence-electron chi connectivity index (χ2n) is 5.71. The first kappa shape index (κ1) is 19.7. The van der Waals surface area contributed by atoms with Crippen LogP contribution in [0.4, 0.5) is 17.6 Å². The Labute approximate surface area is 161 Å². The summed E-state index contributed by atoms with van der Waals surface area (Å²) in [7, 11) is 0. The van der Waals surface area contributed by atoms with Gasteiger partial charge in [-0.3, -0.25) is 4.79 Å². The minimum Gasteiger partial charge on any atom is -0.273 e. The van der Waals surface area contributed by atoms with Gasteiger partial charge < -0.3 is 0 Å². The van der Waals surface area contributed by atoms with Crippen molar-refractivity contribution in [1.29, 1.82) is 0 Å². The van der Waals surface area contributed by atoms with Crippen LogP contribution in [-0.2, 0) is 17.4 Å². The molecule has 0 bridgehead atoms. The molecule has 0 radical (unpaired) electrons. The number of benzene rings is 2. The third-order valence-electron chi connectivity index (χ3n) is 3.64. The molecule has 0 saturated carbocycles. The van der Waals surface area contributed by atoms with Gasteiger partial charge in [-0.05, 0) is 30.3 Å². The van der Waals surface area contributed by atoms with E-state index < -0.39 is 17.6 Å². The first-order valence-corrected chi connectivity index (χ1v) is 8.89. The molecule has 1 aromatic heterocycles. The van der Waals surface area contributed by atoms with E-state index in [0.29, 0.717) is 10.7 Å². The van der Waals surface area contributed by atoms with E-state index in [-0.39, 0.29) is 17.8 Å². The minimum atomic E-state index is -4.51. The van der Waals surface area contributed by atoms with E-state index in [0.717, 1.165) is 17.8 Å². The van der Waals surface area contributed by atoms with Crippen LogP contribution in [0.25, 0.3) is 10.6 Å². The molecule has 0 atom stereocenters. The molecular formula is C19H13F4N3OS. The zero-order valence-corrected chi connectivity index (χ0v) is 15.0. The van der Waals surface area contributed by atoms with Gasteiger partial charge in [0.05, 0.1) is 23.9 Å². The summed E-state index contributed by atoms with van der Waals surface area (Å²) in [4.78, 5) is 16.2. The highest BCUT2D eigenvalue weighted by atomic mass is 32.1. The Morgan fingerprint density at radius 1 is 1.14 bits per heavy atom. The summed E-state index contributed by atoms with van der Waals surface area (Å²) in [6, 6.07) is 10.7. The third-order valence-corrected chi connectivity index (χ3v) is 4.58. The van der Waals surface area contributed by atoms with E-state index in [1.165, 1.54) is 41.7 Å². The number of thiazole rings is 1. The molecule has 1 amide bonds. The van der Waals surface area contributed by atoms with Crippen LogP contribution in [0.5, 0.6) is 0 Å². The maximum Gasteiger partial charge on any atom is 0.417 e. The molecule has 0 aliphatic heterocycles. The van der Waals surface area contributed by atoms with Crippen molar-refractivity contribution in [3.8, 4) is 10.6 Å². The molecule has 3 rings (SSSR count). The predicted octanol–water partition coefficient (Wildman–Crippen LogP) is 4.66. The molecule has 9 heteroatoms. The fourth-order valence-corrected chi connectivity index (χ4v) is 3.18. The molecule has 3 aromatic rings. The van der Waals surface area contributed by atoms with Crippen LogP contribution < -0.4 is 5.43 Å². The van der Waals surface area contributed by atoms with Gasteiger partial charge in [-0.1, -0.05) is 18.2 Å². The molecule has 1 heterocycles. The summed E-state index contributed by atoms with van der Waals surface area (Å²) >= 11 is 1.30. The molecule has 2 aromatic carbocycles. The lowest BCUT2D eigenvalue weighted by atomic mass is 10.1. The van der Waals surface area contributed by atoms with Crippen LogP contribution in [0.3, 0.4) is 0 Å². The summed E-state index contributed by atoms with van der Waals surface area (Å²) in [5, 5.41) is 5.91. The van der Waals surface area contributed by atoms with Crippen molar-refractivity contribution in [2.24, 2.45) is 5.10 Å². The average Bonchev–Trinajstić information content (AvgIpc) is 3.10. The molecular weight excluding hydrogens is 394 g/mol. The summed E-state index contributed by atoms with van der Waals surface area (Å²) in [6.45, 7) is 0. The van der Waals surface area contributed by atoms with Crippen LogP contribution in [-0.4, -0.2) is 17.1 Å². The zero-order valence-electron chi connectivity index (χ0n) is 14.2. The van der Waals surface area contributed by atoms with Gasteiger partial charge in [0.15, 0.2) is 0 Å². The number of hydrogen-bond donors (Lipinski definition) is 1. The molecule has 0 unspecified atom stereocenters. The minimum absolute atomic E-state index is 0.0873. The molecule has 1 N–H and O–H groups in total. The van der Waals surface area contributed by atoms with E-state index in [2.05, 4.69) is 15.5 Å². The van der Waals surface area contributed by atoms with Crippen LogP contribution in [0.15, 0.2) is 59.0 Å². The first-order valence-electron chi connectivity index (χ1n) is 8.01. The molecule has 0 aliphatic rings. The van der Waals surface area contributed by atoms with Gasteiger partial charge in [-0.2, -0.15) is 18.3 Å². The quantitative estimate of drug-likeness (QED) is 0.380. The fourth-order valence-electron chi connectivity index (χ4n) is 2.36. The zero-order chi connectivity index (χ0) is 20.1. The molecule has 0 aliphatic carbocycles. The monoisotopic (exact) mass is 407 g/mol. The smallest absolute Gasteiger partial charge is 0.273 e. The summed E-state index contributed by atoms with van der Waals surface area (Å²) in [5.74, 6) is -0.874. The number of aromatic nitrogens is 1. The normalized spacial score (nSPS) is 11.7. The Morgan fingerprint density at radius 2 is 1.86 bits per heavy atom. The van der Waals surface area contributed by atoms with Crippen LogP contribution in [0.1, 0.15) is 16.8 Å². The summed E-state index contributed by atoms with van der Waals surface area (Å²) < 4.78 is 51.7. The van der Waals surface area contributed by atoms with E-state index >= 15 is 0 Å². The van der Waals surface area contributed by atoms with E-state index in [4.69, 9.17) is 0 Å². The standard InChI is InChI=1S/C19H13F4N3OS/c20-14-7-5-12(6-8-14)18-25-15(11-28-18)9-17(27)26-24-10-13-3-1-2-4-16(13)19(21,22)23/h1-8,10-11H,9H2,(H,26,27)/b24-10-. The maximum atomic E-state index is 13.0. The number of nitrogens with zero attached hydrogens (tertiary/aromatic N) is 2. The van der Waals surface area contributed by atoms with Crippen molar-refractivity contribution in [3.63, 3.8) is 0 Å². The van der Waals surface area contributed by atoms with E-state index in [1.807, 2.05) is 0 Å². The Bertz CT molecular complexity index is 997. The van der Waals surface area contributed by atoms with E-state index in [9.17, 15) is 22.4 Å². The second-order valence-corrected chi connectivity index (χ2v) is 6.56. The SMILES string of the molecule is O=C(Cc1csc(-c2ccc(F)cc2)n1)N/N=C\c1ccccc1C(F)(F)F. The van der Waals surface area contributed by atoms with Gasteiger partial charge >= 0.3 is 6.18 Å². The van der Waals surface area contributed by atoms with Gasteiger partial charge in [0.25, 0.3) is 0 Å². The number of nitrogens with one attached hydrogen (secondary N) is 1. The van der Waals surface area contributed by atoms with Crippen molar-refractivity contribution in [2.45, 2.75) is 12.6 Å². The molecule has 28 heavy (non-hydrogen) atoms. The highest BCUT2D eigenvalue weighted by Gasteiger charge is 2.32. The topological polar surface area (TPSA) is 54.4 Å². The van der Waals surface area contributed by atoms with Crippen LogP contribution in [0.2, 0.25) is 0 Å². The molecule has 4 nitrogen and oxygen atoms in total. The van der Waals surface area contributed by atoms with Crippen molar-refractivity contribution in [3.05, 3.63) is 76.5 Å². The first-order chi connectivity index (χ1) is 13.3. The van der Waals surface area contributed by atoms with Crippen molar-refractivity contribution >= 4 is 23.5 Å². The van der Waals surface area contributed by atoms with Gasteiger partial charge in [0, 0.05) is 16.5 Å². The highest BCUT2D eigenvalue weighted by molar-refractivity contribution is 7.13. The number of alkyl halides is 3. The number of carbonyl (C=O) groups excluding carboxylic acids is 1. The van der Waals surface area contributed by atoms with Crippen molar-refractivity contribution < 1.29 is 22.4 Å². The molecule has 0 fully saturated rings. The fraction of sp³-hybridized carbons (Fsp3) is 0.105. The number of hydrogen-bond acceptors (Lipinski definition) is 4. The number of hydrazone groups is 1. The molecule has 144 valence electrons. The lowest BCUT2D eigenvalue weighted by molar-refractivity contribution is -0.137. The maximum absolute atomic E-state index is 13.0. The van der Waals surface area contributed by atoms with Crippen molar-refractivity contribution in [2.75, 3.05) is 0 Å². The third kappa shape index (κ3) is 5.01. The van der Waals surface area contributed by atoms with Gasteiger partial charge in [-0.25, -0.2) is 14.8 Å². The number of carbonyl (C=O) groups is 1. The van der Waals surface area contributed by atoms with E-state index in [1.54, 1.807) is 17.5 Å². The van der Waals surface area contributed by atoms with Crippen molar-refractivity contribution in [1.82, 2.24) is 10.4 Å². The largest absolute Gasteiger partial charge is 0.417 e. The summed E-state index contributed by atoms with van der Waals surface area (Å²) in [5.41, 5.74) is 2.41.